The maximum Gasteiger partial charge on any atom is 0.257 e. The normalized spacial score (nSPS) is 20.2. The van der Waals surface area contributed by atoms with E-state index in [1.54, 1.807) is 49.8 Å². The summed E-state index contributed by atoms with van der Waals surface area (Å²) >= 11 is 6.70. The minimum Gasteiger partial charge on any atom is -0.474 e. The average molecular weight is 548 g/mol. The van der Waals surface area contributed by atoms with Gasteiger partial charge in [0.15, 0.2) is 0 Å². The first-order valence-electron chi connectivity index (χ1n) is 12.7. The SMILES string of the molecule is Cc1nn(-c2ncccn2)cc1C(=O)N1CC2C(Oc3cc(C(C)(C)N)c(Cl)c(-c4ccc(F)cc4)n3)[C@@H]2C1. The van der Waals surface area contributed by atoms with E-state index in [9.17, 15) is 9.18 Å². The first-order valence-corrected chi connectivity index (χ1v) is 13.0. The van der Waals surface area contributed by atoms with Crippen molar-refractivity contribution in [1.82, 2.24) is 29.6 Å². The fourth-order valence-corrected chi connectivity index (χ4v) is 5.59. The lowest BCUT2D eigenvalue weighted by atomic mass is 9.94. The monoisotopic (exact) mass is 547 g/mol. The smallest absolute Gasteiger partial charge is 0.257 e. The molecule has 6 rings (SSSR count). The minimum atomic E-state index is -0.747. The van der Waals surface area contributed by atoms with Crippen LogP contribution in [-0.4, -0.2) is 54.7 Å². The summed E-state index contributed by atoms with van der Waals surface area (Å²) in [6.07, 6.45) is 4.87. The third-order valence-corrected chi connectivity index (χ3v) is 7.67. The van der Waals surface area contributed by atoms with E-state index in [1.165, 1.54) is 16.8 Å². The Hall–Kier alpha value is -3.89. The van der Waals surface area contributed by atoms with Crippen LogP contribution in [0.4, 0.5) is 4.39 Å². The van der Waals surface area contributed by atoms with E-state index in [2.05, 4.69) is 20.1 Å². The highest BCUT2D eigenvalue weighted by Gasteiger charge is 2.59. The van der Waals surface area contributed by atoms with Crippen LogP contribution in [0.5, 0.6) is 5.88 Å². The van der Waals surface area contributed by atoms with Gasteiger partial charge in [-0.05, 0) is 56.7 Å². The molecule has 1 saturated heterocycles. The van der Waals surface area contributed by atoms with Crippen LogP contribution in [0.25, 0.3) is 17.2 Å². The van der Waals surface area contributed by atoms with Gasteiger partial charge < -0.3 is 15.4 Å². The zero-order valence-electron chi connectivity index (χ0n) is 21.7. The molecule has 9 nitrogen and oxygen atoms in total. The van der Waals surface area contributed by atoms with Gasteiger partial charge in [-0.3, -0.25) is 4.79 Å². The molecule has 2 unspecified atom stereocenters. The van der Waals surface area contributed by atoms with Crippen LogP contribution >= 0.6 is 11.6 Å². The maximum atomic E-state index is 13.5. The number of halogens is 2. The molecule has 4 aromatic rings. The Balaban J connectivity index is 1.18. The Morgan fingerprint density at radius 1 is 1.15 bits per heavy atom. The predicted molar refractivity (Wildman–Crippen MR) is 143 cm³/mol. The quantitative estimate of drug-likeness (QED) is 0.385. The van der Waals surface area contributed by atoms with Gasteiger partial charge in [0.1, 0.15) is 11.9 Å². The van der Waals surface area contributed by atoms with E-state index in [0.717, 1.165) is 0 Å². The van der Waals surface area contributed by atoms with Gasteiger partial charge in [0.05, 0.1) is 22.0 Å². The summed E-state index contributed by atoms with van der Waals surface area (Å²) in [5.41, 5.74) is 8.65. The molecule has 1 aliphatic heterocycles. The largest absolute Gasteiger partial charge is 0.474 e. The fourth-order valence-electron chi connectivity index (χ4n) is 5.14. The Kier molecular flexibility index (Phi) is 6.11. The second kappa shape index (κ2) is 9.39. The summed E-state index contributed by atoms with van der Waals surface area (Å²) in [7, 11) is 0. The number of aromatic nitrogens is 5. The van der Waals surface area contributed by atoms with Gasteiger partial charge in [-0.25, -0.2) is 24.0 Å². The zero-order chi connectivity index (χ0) is 27.5. The molecule has 2 aliphatic rings. The molecule has 2 fully saturated rings. The number of fused-ring (bicyclic) bond motifs is 1. The highest BCUT2D eigenvalue weighted by molar-refractivity contribution is 6.34. The lowest BCUT2D eigenvalue weighted by Crippen LogP contribution is -2.33. The van der Waals surface area contributed by atoms with Crippen molar-refractivity contribution in [1.29, 1.82) is 0 Å². The maximum absolute atomic E-state index is 13.5. The first kappa shape index (κ1) is 25.4. The molecule has 3 atom stereocenters. The van der Waals surface area contributed by atoms with Crippen LogP contribution in [0.1, 0.15) is 35.5 Å². The molecule has 11 heteroatoms. The summed E-state index contributed by atoms with van der Waals surface area (Å²) in [4.78, 5) is 28.2. The zero-order valence-corrected chi connectivity index (χ0v) is 22.4. The molecule has 0 bridgehead atoms. The van der Waals surface area contributed by atoms with E-state index in [4.69, 9.17) is 22.1 Å². The number of likely N-dealkylation sites (tertiary alicyclic amines) is 1. The summed E-state index contributed by atoms with van der Waals surface area (Å²) in [5.74, 6) is 0.793. The van der Waals surface area contributed by atoms with Crippen LogP contribution in [0.15, 0.2) is 55.0 Å². The fraction of sp³-hybridized carbons (Fsp3) is 0.321. The van der Waals surface area contributed by atoms with E-state index < -0.39 is 5.54 Å². The number of nitrogens with zero attached hydrogens (tertiary/aromatic N) is 6. The van der Waals surface area contributed by atoms with Crippen molar-refractivity contribution in [2.24, 2.45) is 17.6 Å². The van der Waals surface area contributed by atoms with Crippen molar-refractivity contribution in [2.75, 3.05) is 13.1 Å². The van der Waals surface area contributed by atoms with Crippen molar-refractivity contribution in [3.05, 3.63) is 82.6 Å². The van der Waals surface area contributed by atoms with Gasteiger partial charge in [-0.15, -0.1) is 0 Å². The van der Waals surface area contributed by atoms with Crippen LogP contribution in [-0.2, 0) is 5.54 Å². The molecule has 0 spiro atoms. The number of hydrogen-bond donors (Lipinski definition) is 1. The summed E-state index contributed by atoms with van der Waals surface area (Å²) in [6, 6.07) is 9.48. The third-order valence-electron chi connectivity index (χ3n) is 7.29. The van der Waals surface area contributed by atoms with Crippen molar-refractivity contribution in [2.45, 2.75) is 32.4 Å². The van der Waals surface area contributed by atoms with Gasteiger partial charge in [-0.1, -0.05) is 11.6 Å². The second-order valence-electron chi connectivity index (χ2n) is 10.6. The summed E-state index contributed by atoms with van der Waals surface area (Å²) in [6.45, 7) is 6.67. The molecular formula is C28H27ClFN7O2. The molecular weight excluding hydrogens is 521 g/mol. The van der Waals surface area contributed by atoms with Crippen molar-refractivity contribution >= 4 is 17.5 Å². The van der Waals surface area contributed by atoms with Crippen molar-refractivity contribution in [3.63, 3.8) is 0 Å². The van der Waals surface area contributed by atoms with Gasteiger partial charge in [0.2, 0.25) is 11.8 Å². The van der Waals surface area contributed by atoms with Crippen LogP contribution in [0.3, 0.4) is 0 Å². The molecule has 0 radical (unpaired) electrons. The Labute approximate surface area is 229 Å². The number of carbonyl (C=O) groups excluding carboxylic acids is 1. The Morgan fingerprint density at radius 2 is 1.82 bits per heavy atom. The number of carbonyl (C=O) groups is 1. The number of pyridine rings is 1. The Morgan fingerprint density at radius 3 is 2.46 bits per heavy atom. The lowest BCUT2D eigenvalue weighted by molar-refractivity contribution is 0.0751. The van der Waals surface area contributed by atoms with Gasteiger partial charge in [0, 0.05) is 60.7 Å². The number of piperidine rings is 1. The third kappa shape index (κ3) is 4.74. The highest BCUT2D eigenvalue weighted by atomic mass is 35.5. The van der Waals surface area contributed by atoms with Crippen molar-refractivity contribution in [3.8, 4) is 23.1 Å². The molecule has 1 aliphatic carbocycles. The number of rotatable bonds is 6. The minimum absolute atomic E-state index is 0.0703. The molecule has 1 saturated carbocycles. The van der Waals surface area contributed by atoms with Gasteiger partial charge >= 0.3 is 0 Å². The van der Waals surface area contributed by atoms with Crippen LogP contribution in [0.2, 0.25) is 5.02 Å². The summed E-state index contributed by atoms with van der Waals surface area (Å²) < 4.78 is 21.4. The molecule has 3 aromatic heterocycles. The second-order valence-corrected chi connectivity index (χ2v) is 11.0. The van der Waals surface area contributed by atoms with E-state index >= 15 is 0 Å². The van der Waals surface area contributed by atoms with E-state index in [-0.39, 0.29) is 29.7 Å². The van der Waals surface area contributed by atoms with E-state index in [1.807, 2.05) is 18.7 Å². The number of hydrogen-bond acceptors (Lipinski definition) is 7. The molecule has 200 valence electrons. The Bertz CT molecular complexity index is 1540. The van der Waals surface area contributed by atoms with Gasteiger partial charge in [-0.2, -0.15) is 5.10 Å². The standard InChI is InChI=1S/C28H27ClFN7O2/c1-15-18(14-37(35-15)27-32-9-4-10-33-27)26(38)36-12-19-20(13-36)25(19)39-22-11-21(28(2,3)31)23(29)24(34-22)16-5-7-17(30)8-6-16/h4-11,14,19-20,25H,12-13,31H2,1-3H3/t19-,20?,25?/m1/s1. The highest BCUT2D eigenvalue weighted by Crippen LogP contribution is 2.49. The molecule has 1 aromatic carbocycles. The molecule has 2 N–H and O–H groups in total. The lowest BCUT2D eigenvalue weighted by Gasteiger charge is -2.24. The predicted octanol–water partition coefficient (Wildman–Crippen LogP) is 4.17. The van der Waals surface area contributed by atoms with Crippen LogP contribution in [0, 0.1) is 24.6 Å². The van der Waals surface area contributed by atoms with E-state index in [0.29, 0.717) is 58.0 Å². The topological polar surface area (TPSA) is 112 Å². The number of benzene rings is 1. The number of ether oxygens (including phenoxy) is 1. The number of aryl methyl sites for hydroxylation is 1. The number of nitrogens with two attached hydrogens (primary N) is 1. The molecule has 4 heterocycles. The van der Waals surface area contributed by atoms with Crippen LogP contribution < -0.4 is 10.5 Å². The van der Waals surface area contributed by atoms with Crippen molar-refractivity contribution < 1.29 is 13.9 Å². The van der Waals surface area contributed by atoms with Gasteiger partial charge in [0.25, 0.3) is 5.91 Å². The summed E-state index contributed by atoms with van der Waals surface area (Å²) in [5, 5.41) is 4.83. The number of amides is 1. The molecule has 1 amide bonds. The molecule has 39 heavy (non-hydrogen) atoms. The first-order chi connectivity index (χ1) is 18.6. The average Bonchev–Trinajstić information content (AvgIpc) is 3.22.